The predicted octanol–water partition coefficient (Wildman–Crippen LogP) is 1.90. The van der Waals surface area contributed by atoms with Crippen molar-refractivity contribution in [2.75, 3.05) is 13.7 Å². The van der Waals surface area contributed by atoms with Gasteiger partial charge >= 0.3 is 0 Å². The Balaban J connectivity index is 2.06. The first-order valence-corrected chi connectivity index (χ1v) is 7.08. The molecule has 1 N–H and O–H groups in total. The molecule has 0 saturated carbocycles. The van der Waals surface area contributed by atoms with Gasteiger partial charge in [-0.05, 0) is 19.0 Å². The SMILES string of the molecule is CCCNCc1ccc(OC)cc1OCc1cn(C)nn1. The number of aromatic nitrogens is 3. The van der Waals surface area contributed by atoms with Crippen LogP contribution in [-0.4, -0.2) is 28.6 Å². The van der Waals surface area contributed by atoms with Crippen LogP contribution in [0.2, 0.25) is 0 Å². The van der Waals surface area contributed by atoms with Crippen LogP contribution in [0.15, 0.2) is 24.4 Å². The highest BCUT2D eigenvalue weighted by molar-refractivity contribution is 5.40. The van der Waals surface area contributed by atoms with Crippen LogP contribution in [0.4, 0.5) is 0 Å². The molecule has 0 spiro atoms. The zero-order valence-corrected chi connectivity index (χ0v) is 12.8. The number of hydrogen-bond acceptors (Lipinski definition) is 5. The molecule has 0 atom stereocenters. The Kier molecular flexibility index (Phi) is 5.57. The maximum absolute atomic E-state index is 5.87. The normalized spacial score (nSPS) is 10.6. The van der Waals surface area contributed by atoms with Crippen molar-refractivity contribution in [1.29, 1.82) is 0 Å². The topological polar surface area (TPSA) is 61.2 Å². The third kappa shape index (κ3) is 4.46. The van der Waals surface area contributed by atoms with Gasteiger partial charge in [0, 0.05) is 25.2 Å². The van der Waals surface area contributed by atoms with E-state index in [-0.39, 0.29) is 0 Å². The fraction of sp³-hybridized carbons (Fsp3) is 0.467. The minimum atomic E-state index is 0.391. The predicted molar refractivity (Wildman–Crippen MR) is 80.3 cm³/mol. The maximum Gasteiger partial charge on any atom is 0.134 e. The number of nitrogens with zero attached hydrogens (tertiary/aromatic N) is 3. The van der Waals surface area contributed by atoms with Gasteiger partial charge in [0.05, 0.1) is 13.3 Å². The summed E-state index contributed by atoms with van der Waals surface area (Å²) in [7, 11) is 3.49. The van der Waals surface area contributed by atoms with E-state index >= 15 is 0 Å². The van der Waals surface area contributed by atoms with Crippen molar-refractivity contribution in [3.05, 3.63) is 35.7 Å². The monoisotopic (exact) mass is 290 g/mol. The Morgan fingerprint density at radius 3 is 2.86 bits per heavy atom. The molecule has 0 amide bonds. The number of aryl methyl sites for hydroxylation is 1. The fourth-order valence-electron chi connectivity index (χ4n) is 1.96. The van der Waals surface area contributed by atoms with E-state index in [0.29, 0.717) is 6.61 Å². The Bertz CT molecular complexity index is 569. The minimum absolute atomic E-state index is 0.391. The number of methoxy groups -OCH3 is 1. The van der Waals surface area contributed by atoms with Crippen molar-refractivity contribution < 1.29 is 9.47 Å². The molecule has 21 heavy (non-hydrogen) atoms. The van der Waals surface area contributed by atoms with E-state index in [1.807, 2.05) is 31.4 Å². The van der Waals surface area contributed by atoms with Gasteiger partial charge < -0.3 is 14.8 Å². The highest BCUT2D eigenvalue weighted by Crippen LogP contribution is 2.25. The first kappa shape index (κ1) is 15.3. The number of hydrogen-bond donors (Lipinski definition) is 1. The highest BCUT2D eigenvalue weighted by Gasteiger charge is 2.07. The molecule has 0 aliphatic rings. The molecule has 0 unspecified atom stereocenters. The van der Waals surface area contributed by atoms with Crippen molar-refractivity contribution in [1.82, 2.24) is 20.3 Å². The zero-order chi connectivity index (χ0) is 15.1. The molecule has 2 aromatic rings. The van der Waals surface area contributed by atoms with Gasteiger partial charge in [-0.25, -0.2) is 0 Å². The Hall–Kier alpha value is -2.08. The van der Waals surface area contributed by atoms with Crippen LogP contribution in [0.3, 0.4) is 0 Å². The van der Waals surface area contributed by atoms with Crippen LogP contribution in [0, 0.1) is 0 Å². The Morgan fingerprint density at radius 1 is 1.33 bits per heavy atom. The second-order valence-electron chi connectivity index (χ2n) is 4.82. The van der Waals surface area contributed by atoms with Crippen LogP contribution in [0.5, 0.6) is 11.5 Å². The molecule has 1 heterocycles. The minimum Gasteiger partial charge on any atom is -0.497 e. The van der Waals surface area contributed by atoms with Gasteiger partial charge in [-0.2, -0.15) is 0 Å². The molecule has 6 nitrogen and oxygen atoms in total. The van der Waals surface area contributed by atoms with Crippen LogP contribution in [0.25, 0.3) is 0 Å². The first-order valence-electron chi connectivity index (χ1n) is 7.08. The summed E-state index contributed by atoms with van der Waals surface area (Å²) in [6.45, 7) is 4.29. The molecule has 1 aromatic heterocycles. The maximum atomic E-state index is 5.87. The summed E-state index contributed by atoms with van der Waals surface area (Å²) in [6, 6.07) is 5.87. The summed E-state index contributed by atoms with van der Waals surface area (Å²) in [6.07, 6.45) is 2.95. The lowest BCUT2D eigenvalue weighted by molar-refractivity contribution is 0.294. The van der Waals surface area contributed by atoms with Gasteiger partial charge in [0.15, 0.2) is 0 Å². The lowest BCUT2D eigenvalue weighted by atomic mass is 10.2. The standard InChI is InChI=1S/C15H22N4O2/c1-4-7-16-9-12-5-6-14(20-3)8-15(12)21-11-13-10-19(2)18-17-13/h5-6,8,10,16H,4,7,9,11H2,1-3H3. The number of ether oxygens (including phenoxy) is 2. The third-order valence-electron chi connectivity index (χ3n) is 3.04. The molecule has 114 valence electrons. The van der Waals surface area contributed by atoms with Gasteiger partial charge in [-0.3, -0.25) is 4.68 Å². The quantitative estimate of drug-likeness (QED) is 0.752. The van der Waals surface area contributed by atoms with E-state index in [1.54, 1.807) is 11.8 Å². The van der Waals surface area contributed by atoms with Gasteiger partial charge in [0.1, 0.15) is 23.8 Å². The molecule has 0 fully saturated rings. The molecule has 6 heteroatoms. The van der Waals surface area contributed by atoms with Crippen molar-refractivity contribution in [2.45, 2.75) is 26.5 Å². The van der Waals surface area contributed by atoms with Gasteiger partial charge in [-0.1, -0.05) is 18.2 Å². The third-order valence-corrected chi connectivity index (χ3v) is 3.04. The van der Waals surface area contributed by atoms with Crippen molar-refractivity contribution >= 4 is 0 Å². The molecule has 0 aliphatic carbocycles. The van der Waals surface area contributed by atoms with Crippen LogP contribution < -0.4 is 14.8 Å². The fourth-order valence-corrected chi connectivity index (χ4v) is 1.96. The molecule has 0 bridgehead atoms. The van der Waals surface area contributed by atoms with Crippen molar-refractivity contribution in [3.63, 3.8) is 0 Å². The lowest BCUT2D eigenvalue weighted by Crippen LogP contribution is -2.14. The van der Waals surface area contributed by atoms with Crippen LogP contribution in [-0.2, 0) is 20.2 Å². The molecular weight excluding hydrogens is 268 g/mol. The second kappa shape index (κ2) is 7.64. The summed E-state index contributed by atoms with van der Waals surface area (Å²) in [5.41, 5.74) is 1.90. The summed E-state index contributed by atoms with van der Waals surface area (Å²) in [5, 5.41) is 11.3. The Labute approximate surface area is 125 Å². The van der Waals surface area contributed by atoms with E-state index in [1.165, 1.54) is 0 Å². The largest absolute Gasteiger partial charge is 0.497 e. The molecular formula is C15H22N4O2. The van der Waals surface area contributed by atoms with E-state index in [2.05, 4.69) is 22.6 Å². The zero-order valence-electron chi connectivity index (χ0n) is 12.8. The van der Waals surface area contributed by atoms with E-state index in [0.717, 1.165) is 42.3 Å². The first-order chi connectivity index (χ1) is 10.2. The van der Waals surface area contributed by atoms with Crippen LogP contribution in [0.1, 0.15) is 24.6 Å². The molecule has 0 aliphatic heterocycles. The molecule has 2 rings (SSSR count). The summed E-state index contributed by atoms with van der Waals surface area (Å²) >= 11 is 0. The smallest absolute Gasteiger partial charge is 0.134 e. The number of benzene rings is 1. The van der Waals surface area contributed by atoms with Gasteiger partial charge in [-0.15, -0.1) is 5.10 Å². The highest BCUT2D eigenvalue weighted by atomic mass is 16.5. The lowest BCUT2D eigenvalue weighted by Gasteiger charge is -2.12. The summed E-state index contributed by atoms with van der Waals surface area (Å²) in [4.78, 5) is 0. The van der Waals surface area contributed by atoms with E-state index in [4.69, 9.17) is 9.47 Å². The molecule has 0 radical (unpaired) electrons. The average molecular weight is 290 g/mol. The summed E-state index contributed by atoms with van der Waals surface area (Å²) < 4.78 is 12.8. The van der Waals surface area contributed by atoms with Crippen molar-refractivity contribution in [2.24, 2.45) is 7.05 Å². The van der Waals surface area contributed by atoms with E-state index < -0.39 is 0 Å². The van der Waals surface area contributed by atoms with Gasteiger partial charge in [0.25, 0.3) is 0 Å². The van der Waals surface area contributed by atoms with E-state index in [9.17, 15) is 0 Å². The number of nitrogens with one attached hydrogen (secondary N) is 1. The van der Waals surface area contributed by atoms with Crippen molar-refractivity contribution in [3.8, 4) is 11.5 Å². The number of rotatable bonds is 8. The van der Waals surface area contributed by atoms with Crippen LogP contribution >= 0.6 is 0 Å². The molecule has 1 aromatic carbocycles. The molecule has 0 saturated heterocycles. The second-order valence-corrected chi connectivity index (χ2v) is 4.82. The summed E-state index contributed by atoms with van der Waals surface area (Å²) in [5.74, 6) is 1.59. The average Bonchev–Trinajstić information content (AvgIpc) is 2.92. The Morgan fingerprint density at radius 2 is 2.19 bits per heavy atom. The van der Waals surface area contributed by atoms with Gasteiger partial charge in [0.2, 0.25) is 0 Å².